The summed E-state index contributed by atoms with van der Waals surface area (Å²) < 4.78 is 29.1. The average Bonchev–Trinajstić information content (AvgIpc) is 3.21. The van der Waals surface area contributed by atoms with Crippen molar-refractivity contribution in [1.82, 2.24) is 4.31 Å². The number of nitrogens with one attached hydrogen (secondary N) is 2. The van der Waals surface area contributed by atoms with Crippen molar-refractivity contribution >= 4 is 50.8 Å². The van der Waals surface area contributed by atoms with E-state index in [1.807, 2.05) is 42.5 Å². The molecule has 59 heavy (non-hydrogen) atoms. The van der Waals surface area contributed by atoms with Gasteiger partial charge in [0.2, 0.25) is 10.0 Å². The predicted molar refractivity (Wildman–Crippen MR) is 221 cm³/mol. The maximum atomic E-state index is 13.9. The molecule has 2 amide bonds. The number of sulfonamides is 1. The molecule has 0 bridgehead atoms. The van der Waals surface area contributed by atoms with Crippen molar-refractivity contribution in [2.45, 2.75) is 75.6 Å². The molecule has 16 heteroatoms. The van der Waals surface area contributed by atoms with Crippen LogP contribution in [0.25, 0.3) is 0 Å². The van der Waals surface area contributed by atoms with Crippen LogP contribution in [-0.4, -0.2) is 77.8 Å². The number of nitrogens with zero attached hydrogens (tertiary/aromatic N) is 2. The Hall–Kier alpha value is -3.57. The van der Waals surface area contributed by atoms with Crippen LogP contribution in [0.5, 0.6) is 0 Å². The van der Waals surface area contributed by atoms with Crippen molar-refractivity contribution in [3.05, 3.63) is 119 Å². The normalized spacial score (nSPS) is 16.4. The Morgan fingerprint density at radius 3 is 1.93 bits per heavy atom. The van der Waals surface area contributed by atoms with Gasteiger partial charge in [-0.15, -0.1) is 0 Å². The Morgan fingerprint density at radius 1 is 0.746 bits per heavy atom. The number of piperidine rings is 1. The first-order chi connectivity index (χ1) is 26.9. The molecule has 1 heterocycles. The molecule has 13 nitrogen and oxygen atoms in total. The van der Waals surface area contributed by atoms with Gasteiger partial charge >= 0.3 is 71.1 Å². The van der Waals surface area contributed by atoms with E-state index in [9.17, 15) is 32.7 Å². The zero-order valence-electron chi connectivity index (χ0n) is 35.9. The van der Waals surface area contributed by atoms with Crippen LogP contribution in [0.1, 0.15) is 96.9 Å². The molecule has 1 saturated carbocycles. The average molecular weight is 847 g/mol. The molecule has 1 aliphatic heterocycles. The van der Waals surface area contributed by atoms with Crippen LogP contribution in [0, 0.1) is 5.92 Å². The zero-order chi connectivity index (χ0) is 39.8. The second-order valence-electron chi connectivity index (χ2n) is 14.5. The molecule has 0 aromatic heterocycles. The molecular formula is C43H52N4Na2O9S. The number of hydrogen-bond acceptors (Lipinski definition) is 7. The van der Waals surface area contributed by atoms with Gasteiger partial charge in [-0.2, -0.15) is 4.31 Å². The number of aromatic carboxylic acids is 1. The van der Waals surface area contributed by atoms with Crippen molar-refractivity contribution in [1.29, 1.82) is 0 Å². The minimum absolute atomic E-state index is 0. The molecule has 306 valence electrons. The van der Waals surface area contributed by atoms with Gasteiger partial charge in [-0.25, -0.2) is 13.2 Å². The van der Waals surface area contributed by atoms with Crippen LogP contribution in [-0.2, 0) is 27.7 Å². The Labute approximate surface area is 392 Å². The fourth-order valence-electron chi connectivity index (χ4n) is 7.60. The summed E-state index contributed by atoms with van der Waals surface area (Å²) in [5, 5.41) is 24.4. The van der Waals surface area contributed by atoms with Crippen LogP contribution in [0.3, 0.4) is 0 Å². The molecule has 6 rings (SSSR count). The fourth-order valence-corrected chi connectivity index (χ4v) is 9.34. The van der Waals surface area contributed by atoms with Gasteiger partial charge in [0, 0.05) is 42.6 Å². The van der Waals surface area contributed by atoms with E-state index in [4.69, 9.17) is 5.11 Å². The fraction of sp³-hybridized carbons (Fsp3) is 0.349. The molecule has 4 aromatic rings. The van der Waals surface area contributed by atoms with Gasteiger partial charge in [0.1, 0.15) is 0 Å². The van der Waals surface area contributed by atoms with E-state index in [1.54, 1.807) is 31.2 Å². The summed E-state index contributed by atoms with van der Waals surface area (Å²) in [5.41, 5.74) is 4.38. The number of carbonyl (C=O) groups excluding carboxylic acids is 2. The van der Waals surface area contributed by atoms with Crippen molar-refractivity contribution in [3.63, 3.8) is 0 Å². The number of carboxylic acids is 2. The third-order valence-electron chi connectivity index (χ3n) is 10.8. The number of carboxylic acid groups (broad SMARTS) is 2. The summed E-state index contributed by atoms with van der Waals surface area (Å²) in [5.74, 6) is -3.29. The van der Waals surface area contributed by atoms with Crippen LogP contribution in [0.2, 0.25) is 0 Å². The summed E-state index contributed by atoms with van der Waals surface area (Å²) in [6.45, 7) is 3.67. The Balaban J connectivity index is 0.00000372. The van der Waals surface area contributed by atoms with E-state index in [1.165, 1.54) is 28.6 Å². The number of anilines is 3. The van der Waals surface area contributed by atoms with Gasteiger partial charge in [-0.05, 0) is 130 Å². The van der Waals surface area contributed by atoms with Gasteiger partial charge < -0.3 is 34.1 Å². The monoisotopic (exact) mass is 846 g/mol. The smallest absolute Gasteiger partial charge is 1.00 e. The Kier molecular flexibility index (Phi) is 19.3. The number of carbonyl (C=O) groups is 4. The largest absolute Gasteiger partial charge is 1.00 e. The minimum atomic E-state index is -4.00. The van der Waals surface area contributed by atoms with E-state index >= 15 is 0 Å². The summed E-state index contributed by atoms with van der Waals surface area (Å²) in [4.78, 5) is 52.5. The molecule has 1 aliphatic carbocycles. The van der Waals surface area contributed by atoms with Crippen LogP contribution < -0.4 is 74.6 Å². The summed E-state index contributed by atoms with van der Waals surface area (Å²) >= 11 is 0. The molecule has 0 unspecified atom stereocenters. The summed E-state index contributed by atoms with van der Waals surface area (Å²) in [6, 6.07) is 25.1. The third kappa shape index (κ3) is 12.7. The molecule has 1 saturated heterocycles. The van der Waals surface area contributed by atoms with Crippen molar-refractivity contribution in [3.8, 4) is 0 Å². The van der Waals surface area contributed by atoms with Crippen molar-refractivity contribution < 1.29 is 105 Å². The van der Waals surface area contributed by atoms with Crippen LogP contribution >= 0.6 is 0 Å². The first-order valence-corrected chi connectivity index (χ1v) is 20.6. The number of rotatable bonds is 14. The molecular weight excluding hydrogens is 795 g/mol. The van der Waals surface area contributed by atoms with Gasteiger partial charge in [0.25, 0.3) is 11.8 Å². The molecule has 2 aliphatic rings. The SMILES string of the molecule is CCN(C1CCC(C(=O)O)CC1)S(=O)(=O)c1cccc(C(=O)Nc2ccc(N3CCCCC3)cc2C(=O)Nc2ccc(CCc3ccc(C(=O)O)cc3)cc2)c1.O.[H-].[H-].[Na+].[Na+]. The predicted octanol–water partition coefficient (Wildman–Crippen LogP) is 0.727. The van der Waals surface area contributed by atoms with Crippen molar-refractivity contribution in [2.75, 3.05) is 35.2 Å². The second kappa shape index (κ2) is 22.9. The molecule has 2 fully saturated rings. The summed E-state index contributed by atoms with van der Waals surface area (Å²) in [7, 11) is -4.00. The first-order valence-electron chi connectivity index (χ1n) is 19.2. The van der Waals surface area contributed by atoms with Gasteiger partial charge in [0.05, 0.1) is 27.6 Å². The summed E-state index contributed by atoms with van der Waals surface area (Å²) in [6.07, 6.45) is 6.36. The Bertz CT molecular complexity index is 2190. The zero-order valence-corrected chi connectivity index (χ0v) is 38.8. The standard InChI is InChI=1S/C43H48N4O8S.2Na.H2O.2H/c1-2-47(35-21-17-32(18-22-35)43(52)53)56(54,55)37-8-6-7-33(27-37)40(48)45-39-24-23-36(46-25-4-3-5-26-46)28-38(39)41(49)44-34-19-13-30(14-20-34)10-9-29-11-15-31(16-12-29)42(50)51;;;;;/h6-8,11-16,19-20,23-24,27-28,32,35H,2-5,9-10,17-18,21-22,25-26H2,1H3,(H,44,49)(H,45,48)(H,50,51)(H,52,53);;;1H2;;/q;2*+1;;2*-1. The van der Waals surface area contributed by atoms with E-state index in [2.05, 4.69) is 15.5 Å². The number of benzene rings is 4. The maximum absolute atomic E-state index is 13.9. The number of aliphatic carboxylic acids is 1. The molecule has 0 radical (unpaired) electrons. The van der Waals surface area contributed by atoms with E-state index in [0.29, 0.717) is 31.4 Å². The molecule has 0 spiro atoms. The van der Waals surface area contributed by atoms with Crippen LogP contribution in [0.15, 0.2) is 95.9 Å². The van der Waals surface area contributed by atoms with Gasteiger partial charge in [0.15, 0.2) is 0 Å². The molecule has 4 aromatic carbocycles. The minimum Gasteiger partial charge on any atom is -1.00 e. The number of aryl methyl sites for hydroxylation is 2. The topological polar surface area (TPSA) is 205 Å². The quantitative estimate of drug-likeness (QED) is 0.132. The second-order valence-corrected chi connectivity index (χ2v) is 16.4. The van der Waals surface area contributed by atoms with Gasteiger partial charge in [-0.3, -0.25) is 14.4 Å². The van der Waals surface area contributed by atoms with Crippen LogP contribution in [0.4, 0.5) is 17.1 Å². The third-order valence-corrected chi connectivity index (χ3v) is 12.8. The molecule has 6 N–H and O–H groups in total. The maximum Gasteiger partial charge on any atom is 1.00 e. The Morgan fingerprint density at radius 2 is 1.36 bits per heavy atom. The number of amides is 2. The number of hydrogen-bond donors (Lipinski definition) is 4. The van der Waals surface area contributed by atoms with E-state index < -0.39 is 39.7 Å². The van der Waals surface area contributed by atoms with E-state index in [0.717, 1.165) is 62.0 Å². The van der Waals surface area contributed by atoms with Gasteiger partial charge in [-0.1, -0.05) is 37.3 Å². The first kappa shape index (κ1) is 49.8. The van der Waals surface area contributed by atoms with Crippen molar-refractivity contribution in [2.24, 2.45) is 5.92 Å². The van der Waals surface area contributed by atoms with E-state index in [-0.39, 0.29) is 107 Å². The molecule has 0 atom stereocenters.